The molecule has 0 aliphatic carbocycles. The van der Waals surface area contributed by atoms with Crippen LogP contribution in [0.4, 0.5) is 5.82 Å². The number of nitrogens with zero attached hydrogens (tertiary/aromatic N) is 3. The van der Waals surface area contributed by atoms with Gasteiger partial charge in [0.1, 0.15) is 11.6 Å². The molecule has 2 aromatic rings. The number of nitriles is 1. The van der Waals surface area contributed by atoms with E-state index in [-0.39, 0.29) is 11.7 Å². The number of aryl methyl sites for hydroxylation is 1. The fourth-order valence-corrected chi connectivity index (χ4v) is 2.43. The van der Waals surface area contributed by atoms with E-state index in [1.807, 2.05) is 12.1 Å². The number of hydrogen-bond donors (Lipinski definition) is 1. The lowest BCUT2D eigenvalue weighted by atomic mass is 10.2. The molecule has 1 aromatic heterocycles. The molecule has 0 saturated heterocycles. The summed E-state index contributed by atoms with van der Waals surface area (Å²) in [7, 11) is 1.69. The predicted molar refractivity (Wildman–Crippen MR) is 82.7 cm³/mol. The standard InChI is InChI=1S/C12H8BrIN4O/c1-18-6-7(5-15)11(17-18)16-12(19)9-4-8(14)2-3-10(9)13/h2-4,6H,1H3,(H,16,17,19). The SMILES string of the molecule is Cn1cc(C#N)c(NC(=O)c2cc(I)ccc2Br)n1. The van der Waals surface area contributed by atoms with Crippen molar-refractivity contribution in [3.05, 3.63) is 43.6 Å². The van der Waals surface area contributed by atoms with Gasteiger partial charge >= 0.3 is 0 Å². The van der Waals surface area contributed by atoms with Gasteiger partial charge in [-0.1, -0.05) is 0 Å². The van der Waals surface area contributed by atoms with E-state index < -0.39 is 0 Å². The largest absolute Gasteiger partial charge is 0.304 e. The molecule has 0 bridgehead atoms. The summed E-state index contributed by atoms with van der Waals surface area (Å²) in [4.78, 5) is 12.2. The molecule has 1 aromatic carbocycles. The van der Waals surface area contributed by atoms with Gasteiger partial charge in [0.2, 0.25) is 0 Å². The Labute approximate surface area is 131 Å². The van der Waals surface area contributed by atoms with Crippen molar-refractivity contribution in [2.24, 2.45) is 7.05 Å². The van der Waals surface area contributed by atoms with Crippen molar-refractivity contribution in [1.82, 2.24) is 9.78 Å². The summed E-state index contributed by atoms with van der Waals surface area (Å²) in [6, 6.07) is 7.44. The summed E-state index contributed by atoms with van der Waals surface area (Å²) in [6.07, 6.45) is 1.55. The van der Waals surface area contributed by atoms with Crippen LogP contribution >= 0.6 is 38.5 Å². The number of halogens is 2. The van der Waals surface area contributed by atoms with Gasteiger partial charge in [0.05, 0.1) is 5.56 Å². The Bertz CT molecular complexity index is 690. The molecule has 19 heavy (non-hydrogen) atoms. The highest BCUT2D eigenvalue weighted by molar-refractivity contribution is 14.1. The zero-order chi connectivity index (χ0) is 14.0. The molecule has 0 fully saturated rings. The molecule has 1 N–H and O–H groups in total. The van der Waals surface area contributed by atoms with Crippen molar-refractivity contribution in [2.45, 2.75) is 0 Å². The molecule has 96 valence electrons. The average Bonchev–Trinajstić information content (AvgIpc) is 2.72. The number of carbonyl (C=O) groups is 1. The van der Waals surface area contributed by atoms with Crippen LogP contribution in [0.15, 0.2) is 28.9 Å². The molecule has 0 radical (unpaired) electrons. The second-order valence-electron chi connectivity index (χ2n) is 3.76. The minimum Gasteiger partial charge on any atom is -0.304 e. The van der Waals surface area contributed by atoms with Crippen molar-refractivity contribution in [3.63, 3.8) is 0 Å². The normalized spacial score (nSPS) is 10.0. The topological polar surface area (TPSA) is 70.7 Å². The zero-order valence-electron chi connectivity index (χ0n) is 9.82. The zero-order valence-corrected chi connectivity index (χ0v) is 13.6. The Morgan fingerprint density at radius 2 is 2.32 bits per heavy atom. The van der Waals surface area contributed by atoms with E-state index in [0.717, 1.165) is 3.57 Å². The van der Waals surface area contributed by atoms with E-state index in [0.29, 0.717) is 15.6 Å². The number of carbonyl (C=O) groups excluding carboxylic acids is 1. The molecular formula is C12H8BrIN4O. The van der Waals surface area contributed by atoms with E-state index in [1.54, 1.807) is 25.4 Å². The van der Waals surface area contributed by atoms with E-state index in [1.165, 1.54) is 4.68 Å². The lowest BCUT2D eigenvalue weighted by Crippen LogP contribution is -2.14. The highest BCUT2D eigenvalue weighted by atomic mass is 127. The van der Waals surface area contributed by atoms with Crippen LogP contribution < -0.4 is 5.32 Å². The molecular weight excluding hydrogens is 423 g/mol. The molecule has 5 nitrogen and oxygen atoms in total. The smallest absolute Gasteiger partial charge is 0.258 e. The first kappa shape index (κ1) is 14.0. The van der Waals surface area contributed by atoms with Crippen LogP contribution in [0, 0.1) is 14.9 Å². The first-order valence-corrected chi connectivity index (χ1v) is 7.08. The monoisotopic (exact) mass is 430 g/mol. The third kappa shape index (κ3) is 3.13. The molecule has 0 spiro atoms. The minimum atomic E-state index is -0.305. The average molecular weight is 431 g/mol. The van der Waals surface area contributed by atoms with Gasteiger partial charge in [0, 0.05) is 21.3 Å². The lowest BCUT2D eigenvalue weighted by Gasteiger charge is -2.05. The first-order valence-electron chi connectivity index (χ1n) is 5.21. The summed E-state index contributed by atoms with van der Waals surface area (Å²) >= 11 is 5.46. The summed E-state index contributed by atoms with van der Waals surface area (Å²) in [6.45, 7) is 0. The third-order valence-corrected chi connectivity index (χ3v) is 3.72. The number of hydrogen-bond acceptors (Lipinski definition) is 3. The van der Waals surface area contributed by atoms with Gasteiger partial charge in [-0.15, -0.1) is 0 Å². The lowest BCUT2D eigenvalue weighted by molar-refractivity contribution is 0.102. The molecule has 1 heterocycles. The Balaban J connectivity index is 2.31. The Hall–Kier alpha value is -1.40. The maximum atomic E-state index is 12.2. The third-order valence-electron chi connectivity index (χ3n) is 2.35. The van der Waals surface area contributed by atoms with Crippen molar-refractivity contribution < 1.29 is 4.79 Å². The van der Waals surface area contributed by atoms with Gasteiger partial charge in [0.25, 0.3) is 5.91 Å². The van der Waals surface area contributed by atoms with E-state index in [2.05, 4.69) is 48.9 Å². The van der Waals surface area contributed by atoms with Gasteiger partial charge in [-0.2, -0.15) is 10.4 Å². The van der Waals surface area contributed by atoms with Crippen LogP contribution in [0.2, 0.25) is 0 Å². The molecule has 0 aliphatic rings. The second-order valence-corrected chi connectivity index (χ2v) is 5.86. The molecule has 0 saturated carbocycles. The fraction of sp³-hybridized carbons (Fsp3) is 0.0833. The maximum absolute atomic E-state index is 12.2. The predicted octanol–water partition coefficient (Wildman–Crippen LogP) is 2.91. The van der Waals surface area contributed by atoms with Crippen molar-refractivity contribution >= 4 is 50.2 Å². The molecule has 7 heteroatoms. The molecule has 0 atom stereocenters. The summed E-state index contributed by atoms with van der Waals surface area (Å²) in [5.74, 6) is -0.0404. The first-order chi connectivity index (χ1) is 9.01. The van der Waals surface area contributed by atoms with Gasteiger partial charge in [-0.3, -0.25) is 9.48 Å². The molecule has 2 rings (SSSR count). The van der Waals surface area contributed by atoms with Crippen molar-refractivity contribution in [3.8, 4) is 6.07 Å². The number of rotatable bonds is 2. The highest BCUT2D eigenvalue weighted by Crippen LogP contribution is 2.21. The van der Waals surface area contributed by atoms with Crippen LogP contribution in [0.25, 0.3) is 0 Å². The van der Waals surface area contributed by atoms with Crippen LogP contribution in [-0.4, -0.2) is 15.7 Å². The van der Waals surface area contributed by atoms with Gasteiger partial charge in [-0.25, -0.2) is 0 Å². The number of nitrogens with one attached hydrogen (secondary N) is 1. The van der Waals surface area contributed by atoms with Crippen LogP contribution in [-0.2, 0) is 7.05 Å². The quantitative estimate of drug-likeness (QED) is 0.744. The Kier molecular flexibility index (Phi) is 4.21. The summed E-state index contributed by atoms with van der Waals surface area (Å²) in [5, 5.41) is 15.6. The second kappa shape index (κ2) is 5.71. The minimum absolute atomic E-state index is 0.265. The summed E-state index contributed by atoms with van der Waals surface area (Å²) in [5.41, 5.74) is 0.832. The van der Waals surface area contributed by atoms with Crippen LogP contribution in [0.1, 0.15) is 15.9 Å². The van der Waals surface area contributed by atoms with Gasteiger partial charge in [0.15, 0.2) is 5.82 Å². The number of benzene rings is 1. The number of aromatic nitrogens is 2. The van der Waals surface area contributed by atoms with Crippen LogP contribution in [0.3, 0.4) is 0 Å². The fourth-order valence-electron chi connectivity index (χ4n) is 1.51. The molecule has 1 amide bonds. The number of anilines is 1. The Morgan fingerprint density at radius 3 is 3.00 bits per heavy atom. The number of amides is 1. The van der Waals surface area contributed by atoms with E-state index >= 15 is 0 Å². The van der Waals surface area contributed by atoms with Gasteiger partial charge < -0.3 is 5.32 Å². The van der Waals surface area contributed by atoms with Crippen LogP contribution in [0.5, 0.6) is 0 Å². The van der Waals surface area contributed by atoms with E-state index in [9.17, 15) is 4.79 Å². The van der Waals surface area contributed by atoms with E-state index in [4.69, 9.17) is 5.26 Å². The maximum Gasteiger partial charge on any atom is 0.258 e. The van der Waals surface area contributed by atoms with Crippen molar-refractivity contribution in [2.75, 3.05) is 5.32 Å². The molecule has 0 unspecified atom stereocenters. The Morgan fingerprint density at radius 1 is 1.58 bits per heavy atom. The van der Waals surface area contributed by atoms with Crippen molar-refractivity contribution in [1.29, 1.82) is 5.26 Å². The molecule has 0 aliphatic heterocycles. The summed E-state index contributed by atoms with van der Waals surface area (Å²) < 4.78 is 3.13. The van der Waals surface area contributed by atoms with Gasteiger partial charge in [-0.05, 0) is 56.7 Å². The highest BCUT2D eigenvalue weighted by Gasteiger charge is 2.15.